The Hall–Kier alpha value is -2.42. The molecule has 23 heavy (non-hydrogen) atoms. The Balaban J connectivity index is 2.91. The summed E-state index contributed by atoms with van der Waals surface area (Å²) in [7, 11) is 0. The van der Waals surface area contributed by atoms with Crippen molar-refractivity contribution < 1.29 is 22.8 Å². The van der Waals surface area contributed by atoms with Crippen molar-refractivity contribution in [3.63, 3.8) is 0 Å². The topological polar surface area (TPSA) is 109 Å². The number of ketones is 1. The van der Waals surface area contributed by atoms with E-state index >= 15 is 0 Å². The Labute approximate surface area is 134 Å². The van der Waals surface area contributed by atoms with Gasteiger partial charge in [-0.2, -0.15) is 13.2 Å². The molecule has 1 heterocycles. The molecule has 1 amide bonds. The quantitative estimate of drug-likeness (QED) is 0.428. The zero-order valence-corrected chi connectivity index (χ0v) is 12.5. The second-order valence-corrected chi connectivity index (χ2v) is 4.80. The summed E-state index contributed by atoms with van der Waals surface area (Å²) in [5, 5.41) is 8.92. The molecule has 1 aromatic rings. The van der Waals surface area contributed by atoms with E-state index in [1.165, 1.54) is 12.4 Å². The summed E-state index contributed by atoms with van der Waals surface area (Å²) in [6.07, 6.45) is -2.17. The van der Waals surface area contributed by atoms with Crippen LogP contribution in [0.1, 0.15) is 15.9 Å². The minimum absolute atomic E-state index is 0.0573. The number of alkyl halides is 3. The summed E-state index contributed by atoms with van der Waals surface area (Å²) >= 11 is 5.83. The number of halogens is 4. The van der Waals surface area contributed by atoms with Gasteiger partial charge in [-0.15, -0.1) is 0 Å². The number of rotatable bonds is 5. The van der Waals surface area contributed by atoms with Crippen LogP contribution in [0.3, 0.4) is 0 Å². The number of Topliss-reactive ketones (excluding diaryl/α,β-unsaturated/α-hetero) is 1. The van der Waals surface area contributed by atoms with Crippen molar-refractivity contribution in [2.24, 2.45) is 5.73 Å². The van der Waals surface area contributed by atoms with Crippen LogP contribution < -0.4 is 11.1 Å². The molecule has 0 saturated carbocycles. The monoisotopic (exact) mass is 348 g/mol. The van der Waals surface area contributed by atoms with E-state index in [1.54, 1.807) is 6.92 Å². The largest absolute Gasteiger partial charge is 0.431 e. The molecule has 0 bridgehead atoms. The van der Waals surface area contributed by atoms with E-state index < -0.39 is 35.7 Å². The zero-order valence-electron chi connectivity index (χ0n) is 11.8. The molecule has 10 heteroatoms. The summed E-state index contributed by atoms with van der Waals surface area (Å²) in [5.41, 5.74) is 2.56. The molecule has 0 saturated heterocycles. The molecule has 0 aliphatic carbocycles. The third-order valence-electron chi connectivity index (χ3n) is 2.76. The normalized spacial score (nSPS) is 12.4. The maximum Gasteiger partial charge on any atom is 0.431 e. The number of hydrogen-bond acceptors (Lipinski definition) is 5. The van der Waals surface area contributed by atoms with E-state index in [4.69, 9.17) is 22.7 Å². The lowest BCUT2D eigenvalue weighted by Gasteiger charge is -2.12. The van der Waals surface area contributed by atoms with Gasteiger partial charge in [-0.25, -0.2) is 0 Å². The fourth-order valence-corrected chi connectivity index (χ4v) is 1.96. The third-order valence-corrected chi connectivity index (χ3v) is 3.05. The number of aromatic nitrogens is 1. The van der Waals surface area contributed by atoms with E-state index in [-0.39, 0.29) is 16.8 Å². The maximum atomic E-state index is 12.5. The third kappa shape index (κ3) is 4.52. The lowest BCUT2D eigenvalue weighted by atomic mass is 10.1. The number of pyridine rings is 1. The molecule has 0 fully saturated rings. The SMILES string of the molecule is Cc1cncc(Cl)c1C(=O)CNC(=O)/C(C=N)=C(/N)C(F)(F)F. The van der Waals surface area contributed by atoms with Crippen molar-refractivity contribution >= 4 is 29.5 Å². The summed E-state index contributed by atoms with van der Waals surface area (Å²) in [4.78, 5) is 27.4. The zero-order chi connectivity index (χ0) is 17.8. The van der Waals surface area contributed by atoms with Gasteiger partial charge in [-0.1, -0.05) is 11.6 Å². The van der Waals surface area contributed by atoms with Gasteiger partial charge in [0.1, 0.15) is 5.70 Å². The van der Waals surface area contributed by atoms with Gasteiger partial charge in [0.2, 0.25) is 0 Å². The van der Waals surface area contributed by atoms with Crippen LogP contribution in [0.2, 0.25) is 5.02 Å². The Morgan fingerprint density at radius 3 is 2.52 bits per heavy atom. The van der Waals surface area contributed by atoms with Gasteiger partial charge in [0, 0.05) is 24.2 Å². The lowest BCUT2D eigenvalue weighted by molar-refractivity contribution is -0.118. The van der Waals surface area contributed by atoms with Gasteiger partial charge in [0.05, 0.1) is 17.1 Å². The van der Waals surface area contributed by atoms with E-state index in [2.05, 4.69) is 4.98 Å². The minimum atomic E-state index is -4.96. The molecular formula is C13H12ClF3N4O2. The molecule has 0 radical (unpaired) electrons. The van der Waals surface area contributed by atoms with Crippen LogP contribution in [-0.2, 0) is 4.79 Å². The minimum Gasteiger partial charge on any atom is -0.394 e. The second kappa shape index (κ2) is 7.23. The number of aryl methyl sites for hydroxylation is 1. The smallest absolute Gasteiger partial charge is 0.394 e. The molecule has 0 aliphatic rings. The van der Waals surface area contributed by atoms with Gasteiger partial charge in [0.15, 0.2) is 5.78 Å². The number of carbonyl (C=O) groups excluding carboxylic acids is 2. The molecule has 4 N–H and O–H groups in total. The Bertz CT molecular complexity index is 666. The van der Waals surface area contributed by atoms with Crippen molar-refractivity contribution in [1.82, 2.24) is 10.3 Å². The molecule has 1 rings (SSSR count). The van der Waals surface area contributed by atoms with E-state index in [9.17, 15) is 22.8 Å². The Morgan fingerprint density at radius 1 is 1.43 bits per heavy atom. The van der Waals surface area contributed by atoms with Crippen molar-refractivity contribution in [3.8, 4) is 0 Å². The van der Waals surface area contributed by atoms with Crippen LogP contribution in [0.15, 0.2) is 23.7 Å². The molecule has 124 valence electrons. The highest BCUT2D eigenvalue weighted by molar-refractivity contribution is 6.34. The number of nitrogens with one attached hydrogen (secondary N) is 2. The van der Waals surface area contributed by atoms with Crippen LogP contribution in [0.25, 0.3) is 0 Å². The number of carbonyl (C=O) groups is 2. The summed E-state index contributed by atoms with van der Waals surface area (Å²) < 4.78 is 37.4. The van der Waals surface area contributed by atoms with Crippen LogP contribution >= 0.6 is 11.6 Å². The first-order valence-electron chi connectivity index (χ1n) is 6.08. The molecular weight excluding hydrogens is 337 g/mol. The molecule has 0 aromatic carbocycles. The molecule has 6 nitrogen and oxygen atoms in total. The highest BCUT2D eigenvalue weighted by atomic mass is 35.5. The van der Waals surface area contributed by atoms with Crippen LogP contribution in [0, 0.1) is 12.3 Å². The fraction of sp³-hybridized carbons (Fsp3) is 0.231. The first-order chi connectivity index (χ1) is 10.6. The highest BCUT2D eigenvalue weighted by Crippen LogP contribution is 2.23. The Morgan fingerprint density at radius 2 is 2.04 bits per heavy atom. The van der Waals surface area contributed by atoms with Crippen molar-refractivity contribution in [3.05, 3.63) is 39.8 Å². The van der Waals surface area contributed by atoms with Gasteiger partial charge in [-0.05, 0) is 12.5 Å². The number of hydrogen-bond donors (Lipinski definition) is 3. The molecule has 0 spiro atoms. The average Bonchev–Trinajstić information content (AvgIpc) is 2.44. The van der Waals surface area contributed by atoms with E-state index in [0.717, 1.165) is 0 Å². The lowest BCUT2D eigenvalue weighted by Crippen LogP contribution is -2.35. The first kappa shape index (κ1) is 18.6. The van der Waals surface area contributed by atoms with Crippen molar-refractivity contribution in [2.45, 2.75) is 13.1 Å². The van der Waals surface area contributed by atoms with E-state index in [1.807, 2.05) is 5.32 Å². The summed E-state index contributed by atoms with van der Waals surface area (Å²) in [6, 6.07) is 0. The summed E-state index contributed by atoms with van der Waals surface area (Å²) in [6.45, 7) is 0.963. The second-order valence-electron chi connectivity index (χ2n) is 4.39. The van der Waals surface area contributed by atoms with Crippen LogP contribution in [0.4, 0.5) is 13.2 Å². The molecule has 0 unspecified atom stereocenters. The maximum absolute atomic E-state index is 12.5. The predicted molar refractivity (Wildman–Crippen MR) is 77.4 cm³/mol. The Kier molecular flexibility index (Phi) is 5.85. The number of amides is 1. The predicted octanol–water partition coefficient (Wildman–Crippen LogP) is 1.77. The van der Waals surface area contributed by atoms with E-state index in [0.29, 0.717) is 5.56 Å². The fourth-order valence-electron chi connectivity index (χ4n) is 1.65. The molecule has 1 aromatic heterocycles. The highest BCUT2D eigenvalue weighted by Gasteiger charge is 2.35. The van der Waals surface area contributed by atoms with Gasteiger partial charge < -0.3 is 16.5 Å². The van der Waals surface area contributed by atoms with Crippen molar-refractivity contribution in [1.29, 1.82) is 5.41 Å². The first-order valence-corrected chi connectivity index (χ1v) is 6.46. The van der Waals surface area contributed by atoms with Gasteiger partial charge >= 0.3 is 6.18 Å². The number of nitrogens with two attached hydrogens (primary N) is 1. The number of allylic oxidation sites excluding steroid dienone is 1. The van der Waals surface area contributed by atoms with Gasteiger partial charge in [-0.3, -0.25) is 14.6 Å². The summed E-state index contributed by atoms with van der Waals surface area (Å²) in [5.74, 6) is -1.90. The average molecular weight is 349 g/mol. The number of nitrogens with zero attached hydrogens (tertiary/aromatic N) is 1. The standard InChI is InChI=1S/C13H12ClF3N4O2/c1-6-3-20-4-8(14)10(6)9(22)5-21-12(23)7(2-18)11(19)13(15,16)17/h2-4,18H,5,19H2,1H3,(H,21,23)/b11-7+,18-2?. The van der Waals surface area contributed by atoms with Gasteiger partial charge in [0.25, 0.3) is 5.91 Å². The molecule has 0 atom stereocenters. The van der Waals surface area contributed by atoms with Crippen LogP contribution in [-0.4, -0.2) is 35.6 Å². The van der Waals surface area contributed by atoms with Crippen molar-refractivity contribution in [2.75, 3.05) is 6.54 Å². The molecule has 0 aliphatic heterocycles. The van der Waals surface area contributed by atoms with Crippen LogP contribution in [0.5, 0.6) is 0 Å².